The van der Waals surface area contributed by atoms with Gasteiger partial charge in [-0.3, -0.25) is 4.79 Å². The van der Waals surface area contributed by atoms with E-state index in [1.165, 1.54) is 0 Å². The maximum absolute atomic E-state index is 12.4. The first-order valence-corrected chi connectivity index (χ1v) is 9.56. The van der Waals surface area contributed by atoms with Crippen molar-refractivity contribution in [1.82, 2.24) is 4.98 Å². The Kier molecular flexibility index (Phi) is 4.81. The molecule has 0 spiro atoms. The van der Waals surface area contributed by atoms with E-state index in [4.69, 9.17) is 4.98 Å². The summed E-state index contributed by atoms with van der Waals surface area (Å²) in [6.45, 7) is 1.98. The number of aromatic nitrogens is 1. The Bertz CT molecular complexity index is 1070. The van der Waals surface area contributed by atoms with E-state index in [1.54, 1.807) is 11.3 Å². The quantitative estimate of drug-likeness (QED) is 0.476. The van der Waals surface area contributed by atoms with Crippen LogP contribution in [-0.2, 0) is 0 Å². The Balaban J connectivity index is 1.49. The van der Waals surface area contributed by atoms with Gasteiger partial charge in [0.05, 0.1) is 5.69 Å². The summed E-state index contributed by atoms with van der Waals surface area (Å²) < 4.78 is 0. The van der Waals surface area contributed by atoms with Crippen molar-refractivity contribution in [3.63, 3.8) is 0 Å². The first-order chi connectivity index (χ1) is 13.2. The predicted octanol–water partition coefficient (Wildman–Crippen LogP) is 6.04. The highest BCUT2D eigenvalue weighted by molar-refractivity contribution is 7.13. The summed E-state index contributed by atoms with van der Waals surface area (Å²) in [7, 11) is 0. The number of rotatable bonds is 4. The second-order valence-electron chi connectivity index (χ2n) is 6.30. The van der Waals surface area contributed by atoms with Gasteiger partial charge in [0.1, 0.15) is 5.01 Å². The lowest BCUT2D eigenvalue weighted by atomic mass is 10.1. The van der Waals surface area contributed by atoms with Crippen molar-refractivity contribution in [2.24, 2.45) is 0 Å². The summed E-state index contributed by atoms with van der Waals surface area (Å²) in [6, 6.07) is 25.5. The van der Waals surface area contributed by atoms with Crippen LogP contribution in [0.4, 0.5) is 5.69 Å². The van der Waals surface area contributed by atoms with E-state index in [0.29, 0.717) is 5.56 Å². The van der Waals surface area contributed by atoms with Crippen LogP contribution in [0.2, 0.25) is 0 Å². The predicted molar refractivity (Wildman–Crippen MR) is 112 cm³/mol. The van der Waals surface area contributed by atoms with Gasteiger partial charge in [-0.2, -0.15) is 0 Å². The normalized spacial score (nSPS) is 10.6. The van der Waals surface area contributed by atoms with Crippen LogP contribution in [0.25, 0.3) is 21.8 Å². The number of carbonyl (C=O) groups is 1. The molecule has 4 aromatic rings. The van der Waals surface area contributed by atoms with Crippen LogP contribution < -0.4 is 5.32 Å². The van der Waals surface area contributed by atoms with E-state index in [1.807, 2.05) is 73.7 Å². The maximum Gasteiger partial charge on any atom is 0.255 e. The van der Waals surface area contributed by atoms with Gasteiger partial charge in [-0.1, -0.05) is 60.2 Å². The number of carbonyl (C=O) groups excluding carboxylic acids is 1. The molecule has 3 nitrogen and oxygen atoms in total. The molecule has 0 aliphatic rings. The average molecular weight is 370 g/mol. The van der Waals surface area contributed by atoms with Gasteiger partial charge in [-0.05, 0) is 31.2 Å². The molecule has 132 valence electrons. The highest BCUT2D eigenvalue weighted by Gasteiger charge is 2.08. The van der Waals surface area contributed by atoms with E-state index in [0.717, 1.165) is 33.1 Å². The van der Waals surface area contributed by atoms with Crippen LogP contribution in [0, 0.1) is 6.92 Å². The molecule has 27 heavy (non-hydrogen) atoms. The van der Waals surface area contributed by atoms with Gasteiger partial charge in [-0.25, -0.2) is 4.98 Å². The molecule has 1 amide bonds. The summed E-state index contributed by atoms with van der Waals surface area (Å²) in [5.41, 5.74) is 5.58. The number of nitrogens with zero attached hydrogens (tertiary/aromatic N) is 1. The van der Waals surface area contributed by atoms with Gasteiger partial charge in [0.25, 0.3) is 5.91 Å². The Labute approximate surface area is 162 Å². The molecule has 0 saturated heterocycles. The topological polar surface area (TPSA) is 42.0 Å². The van der Waals surface area contributed by atoms with E-state index in [9.17, 15) is 4.79 Å². The smallest absolute Gasteiger partial charge is 0.255 e. The fourth-order valence-corrected chi connectivity index (χ4v) is 3.67. The van der Waals surface area contributed by atoms with Gasteiger partial charge in [0, 0.05) is 27.8 Å². The van der Waals surface area contributed by atoms with Crippen LogP contribution in [0.15, 0.2) is 84.2 Å². The van der Waals surface area contributed by atoms with Crippen LogP contribution in [0.3, 0.4) is 0 Å². The lowest BCUT2D eigenvalue weighted by molar-refractivity contribution is 0.102. The minimum absolute atomic E-state index is 0.105. The number of thiazole rings is 1. The summed E-state index contributed by atoms with van der Waals surface area (Å²) in [5, 5.41) is 6.00. The van der Waals surface area contributed by atoms with Crippen molar-refractivity contribution < 1.29 is 4.79 Å². The lowest BCUT2D eigenvalue weighted by Gasteiger charge is -2.06. The molecule has 0 bridgehead atoms. The number of anilines is 1. The number of benzene rings is 3. The number of hydrogen-bond acceptors (Lipinski definition) is 3. The highest BCUT2D eigenvalue weighted by atomic mass is 32.1. The third-order valence-electron chi connectivity index (χ3n) is 4.24. The Morgan fingerprint density at radius 2 is 1.67 bits per heavy atom. The maximum atomic E-state index is 12.4. The van der Waals surface area contributed by atoms with Gasteiger partial charge in [-0.15, -0.1) is 11.3 Å². The number of aryl methyl sites for hydroxylation is 1. The fraction of sp³-hybridized carbons (Fsp3) is 0.0435. The van der Waals surface area contributed by atoms with E-state index in [2.05, 4.69) is 22.8 Å². The van der Waals surface area contributed by atoms with Crippen LogP contribution in [0.5, 0.6) is 0 Å². The zero-order chi connectivity index (χ0) is 18.6. The molecule has 1 N–H and O–H groups in total. The molecule has 0 atom stereocenters. The number of amides is 1. The van der Waals surface area contributed by atoms with Crippen molar-refractivity contribution >= 4 is 22.9 Å². The Hall–Kier alpha value is -3.24. The summed E-state index contributed by atoms with van der Waals surface area (Å²) in [6.07, 6.45) is 0. The molecule has 4 heteroatoms. The van der Waals surface area contributed by atoms with Crippen LogP contribution in [-0.4, -0.2) is 10.9 Å². The van der Waals surface area contributed by atoms with Crippen molar-refractivity contribution in [2.45, 2.75) is 6.92 Å². The SMILES string of the molecule is Cc1cccc(C(=O)Nc2ccc(-c3csc(-c4ccccc4)n3)cc2)c1. The Morgan fingerprint density at radius 3 is 2.41 bits per heavy atom. The molecule has 0 unspecified atom stereocenters. The third-order valence-corrected chi connectivity index (χ3v) is 5.14. The molecule has 3 aromatic carbocycles. The second-order valence-corrected chi connectivity index (χ2v) is 7.16. The van der Waals surface area contributed by atoms with Crippen molar-refractivity contribution in [1.29, 1.82) is 0 Å². The molecular formula is C23H18N2OS. The van der Waals surface area contributed by atoms with E-state index in [-0.39, 0.29) is 5.91 Å². The summed E-state index contributed by atoms with van der Waals surface area (Å²) >= 11 is 1.63. The van der Waals surface area contributed by atoms with Crippen molar-refractivity contribution in [3.05, 3.63) is 95.4 Å². The van der Waals surface area contributed by atoms with E-state index >= 15 is 0 Å². The highest BCUT2D eigenvalue weighted by Crippen LogP contribution is 2.29. The first kappa shape index (κ1) is 17.2. The summed E-state index contributed by atoms with van der Waals surface area (Å²) in [5.74, 6) is -0.105. The van der Waals surface area contributed by atoms with Gasteiger partial charge in [0.15, 0.2) is 0 Å². The zero-order valence-electron chi connectivity index (χ0n) is 14.8. The average Bonchev–Trinajstić information content (AvgIpc) is 3.19. The minimum Gasteiger partial charge on any atom is -0.322 e. The van der Waals surface area contributed by atoms with Crippen LogP contribution >= 0.6 is 11.3 Å². The van der Waals surface area contributed by atoms with Crippen LogP contribution in [0.1, 0.15) is 15.9 Å². The van der Waals surface area contributed by atoms with Gasteiger partial charge < -0.3 is 5.32 Å². The standard InChI is InChI=1S/C23H18N2OS/c1-16-6-5-9-19(14-16)22(26)24-20-12-10-17(11-13-20)21-15-27-23(25-21)18-7-3-2-4-8-18/h2-15H,1H3,(H,24,26). The molecule has 0 fully saturated rings. The molecule has 1 aromatic heterocycles. The molecular weight excluding hydrogens is 352 g/mol. The van der Waals surface area contributed by atoms with E-state index < -0.39 is 0 Å². The molecule has 0 aliphatic carbocycles. The molecule has 4 rings (SSSR count). The van der Waals surface area contributed by atoms with Gasteiger partial charge in [0.2, 0.25) is 0 Å². The van der Waals surface area contributed by atoms with Gasteiger partial charge >= 0.3 is 0 Å². The lowest BCUT2D eigenvalue weighted by Crippen LogP contribution is -2.11. The molecule has 0 aliphatic heterocycles. The minimum atomic E-state index is -0.105. The summed E-state index contributed by atoms with van der Waals surface area (Å²) in [4.78, 5) is 17.1. The second kappa shape index (κ2) is 7.56. The zero-order valence-corrected chi connectivity index (χ0v) is 15.7. The monoisotopic (exact) mass is 370 g/mol. The first-order valence-electron chi connectivity index (χ1n) is 8.68. The number of nitrogens with one attached hydrogen (secondary N) is 1. The molecule has 1 heterocycles. The van der Waals surface area contributed by atoms with Crippen molar-refractivity contribution in [2.75, 3.05) is 5.32 Å². The third kappa shape index (κ3) is 3.96. The fourth-order valence-electron chi connectivity index (χ4n) is 2.83. The number of hydrogen-bond donors (Lipinski definition) is 1. The largest absolute Gasteiger partial charge is 0.322 e. The molecule has 0 saturated carbocycles. The molecule has 0 radical (unpaired) electrons. The van der Waals surface area contributed by atoms with Crippen molar-refractivity contribution in [3.8, 4) is 21.8 Å². The Morgan fingerprint density at radius 1 is 0.889 bits per heavy atom.